The van der Waals surface area contributed by atoms with Crippen molar-refractivity contribution in [2.45, 2.75) is 6.42 Å². The van der Waals surface area contributed by atoms with Gasteiger partial charge in [0.25, 0.3) is 11.8 Å². The fourth-order valence-electron chi connectivity index (χ4n) is 2.96. The molecule has 1 saturated heterocycles. The maximum absolute atomic E-state index is 13.1. The van der Waals surface area contributed by atoms with Crippen LogP contribution in [0, 0.1) is 0 Å². The molecule has 1 aliphatic rings. The zero-order valence-corrected chi connectivity index (χ0v) is 18.8. The molecule has 1 fully saturated rings. The Morgan fingerprint density at radius 1 is 1.16 bits per heavy atom. The van der Waals surface area contributed by atoms with Gasteiger partial charge in [-0.2, -0.15) is 0 Å². The van der Waals surface area contributed by atoms with E-state index in [1.165, 1.54) is 18.9 Å². The van der Waals surface area contributed by atoms with E-state index in [9.17, 15) is 9.59 Å². The lowest BCUT2D eigenvalue weighted by molar-refractivity contribution is -0.122. The first-order valence-corrected chi connectivity index (χ1v) is 10.8. The van der Waals surface area contributed by atoms with Crippen LogP contribution in [-0.2, 0) is 14.3 Å². The number of benzene rings is 2. The lowest BCUT2D eigenvalue weighted by Gasteiger charge is -2.15. The second kappa shape index (κ2) is 11.4. The van der Waals surface area contributed by atoms with Gasteiger partial charge in [-0.3, -0.25) is 14.5 Å². The summed E-state index contributed by atoms with van der Waals surface area (Å²) in [5.41, 5.74) is 6.66. The van der Waals surface area contributed by atoms with Crippen molar-refractivity contribution in [1.29, 1.82) is 0 Å². The van der Waals surface area contributed by atoms with Gasteiger partial charge in [0, 0.05) is 20.3 Å². The number of methoxy groups -OCH3 is 2. The molecular weight excluding hydrogens is 430 g/mol. The summed E-state index contributed by atoms with van der Waals surface area (Å²) in [6.07, 6.45) is 2.48. The normalized spacial score (nSPS) is 16.1. The number of nitrogens with two attached hydrogens (primary N) is 1. The molecule has 0 unspecified atom stereocenters. The molecule has 0 radical (unpaired) electrons. The molecule has 1 heterocycles. The Kier molecular flexibility index (Phi) is 8.29. The Hall–Kier alpha value is -3.30. The van der Waals surface area contributed by atoms with Crippen LogP contribution in [0.15, 0.2) is 58.4 Å². The second-order valence-electron chi connectivity index (χ2n) is 6.81. The Morgan fingerprint density at radius 3 is 2.62 bits per heavy atom. The summed E-state index contributed by atoms with van der Waals surface area (Å²) >= 11 is 1.32. The summed E-state index contributed by atoms with van der Waals surface area (Å²) in [5.74, 6) is 0.136. The minimum Gasteiger partial charge on any atom is -0.493 e. The molecule has 0 bridgehead atoms. The van der Waals surface area contributed by atoms with Crippen molar-refractivity contribution < 1.29 is 23.8 Å². The van der Waals surface area contributed by atoms with E-state index >= 15 is 0 Å². The summed E-state index contributed by atoms with van der Waals surface area (Å²) in [6, 6.07) is 14.7. The molecule has 8 nitrogen and oxygen atoms in total. The van der Waals surface area contributed by atoms with Crippen molar-refractivity contribution in [3.05, 3.63) is 59.0 Å². The van der Waals surface area contributed by atoms with Gasteiger partial charge < -0.3 is 19.9 Å². The minimum atomic E-state index is -0.579. The van der Waals surface area contributed by atoms with Crippen molar-refractivity contribution in [1.82, 2.24) is 4.90 Å². The Bertz CT molecular complexity index is 1020. The van der Waals surface area contributed by atoms with Gasteiger partial charge in [-0.15, -0.1) is 0 Å². The van der Waals surface area contributed by atoms with Crippen LogP contribution in [0.5, 0.6) is 11.5 Å². The SMILES string of the molecule is COCCCN1C(=O)/C(=C/c2ccc(OCC(N)=O)c(OC)c2)SC1=Nc1ccccc1. The third-order valence-corrected chi connectivity index (χ3v) is 5.46. The third kappa shape index (κ3) is 6.12. The fourth-order valence-corrected chi connectivity index (χ4v) is 3.99. The molecule has 0 spiro atoms. The molecule has 168 valence electrons. The summed E-state index contributed by atoms with van der Waals surface area (Å²) < 4.78 is 15.8. The van der Waals surface area contributed by atoms with Crippen molar-refractivity contribution in [3.8, 4) is 11.5 Å². The topological polar surface area (TPSA) is 103 Å². The van der Waals surface area contributed by atoms with Gasteiger partial charge in [0.05, 0.1) is 17.7 Å². The van der Waals surface area contributed by atoms with Crippen LogP contribution >= 0.6 is 11.8 Å². The number of amides is 2. The van der Waals surface area contributed by atoms with E-state index < -0.39 is 5.91 Å². The summed E-state index contributed by atoms with van der Waals surface area (Å²) in [6.45, 7) is 0.808. The molecule has 3 rings (SSSR count). The number of carbonyl (C=O) groups excluding carboxylic acids is 2. The number of rotatable bonds is 10. The number of primary amides is 1. The van der Waals surface area contributed by atoms with Crippen LogP contribution < -0.4 is 15.2 Å². The summed E-state index contributed by atoms with van der Waals surface area (Å²) in [7, 11) is 3.13. The van der Waals surface area contributed by atoms with E-state index in [-0.39, 0.29) is 12.5 Å². The van der Waals surface area contributed by atoms with Crippen LogP contribution in [0.25, 0.3) is 6.08 Å². The summed E-state index contributed by atoms with van der Waals surface area (Å²) in [5, 5.41) is 0.622. The molecule has 0 atom stereocenters. The quantitative estimate of drug-likeness (QED) is 0.436. The van der Waals surface area contributed by atoms with Gasteiger partial charge in [-0.1, -0.05) is 24.3 Å². The summed E-state index contributed by atoms with van der Waals surface area (Å²) in [4.78, 5) is 31.0. The molecule has 2 aromatic carbocycles. The number of amidine groups is 1. The standard InChI is InChI=1S/C23H25N3O5S/c1-29-12-6-11-26-22(28)20(32-23(26)25-17-7-4-3-5-8-17)14-16-9-10-18(19(13-16)30-2)31-15-21(24)27/h3-5,7-10,13-14H,6,11-12,15H2,1-2H3,(H2,24,27)/b20-14-,25-23?. The van der Waals surface area contributed by atoms with Crippen LogP contribution in [0.2, 0.25) is 0 Å². The Balaban J connectivity index is 1.87. The monoisotopic (exact) mass is 455 g/mol. The lowest BCUT2D eigenvalue weighted by atomic mass is 10.2. The number of ether oxygens (including phenoxy) is 3. The van der Waals surface area contributed by atoms with Gasteiger partial charge in [0.15, 0.2) is 23.3 Å². The Morgan fingerprint density at radius 2 is 1.94 bits per heavy atom. The minimum absolute atomic E-state index is 0.117. The van der Waals surface area contributed by atoms with Crippen LogP contribution in [0.4, 0.5) is 5.69 Å². The van der Waals surface area contributed by atoms with Crippen molar-refractivity contribution in [2.24, 2.45) is 10.7 Å². The first kappa shape index (κ1) is 23.4. The molecule has 9 heteroatoms. The van der Waals surface area contributed by atoms with Gasteiger partial charge in [0.1, 0.15) is 0 Å². The van der Waals surface area contributed by atoms with Crippen molar-refractivity contribution in [2.75, 3.05) is 34.0 Å². The van der Waals surface area contributed by atoms with E-state index in [1.807, 2.05) is 30.3 Å². The average molecular weight is 456 g/mol. The maximum atomic E-state index is 13.1. The molecule has 2 amide bonds. The van der Waals surface area contributed by atoms with Crippen molar-refractivity contribution in [3.63, 3.8) is 0 Å². The number of thioether (sulfide) groups is 1. The second-order valence-corrected chi connectivity index (χ2v) is 7.82. The number of hydrogen-bond acceptors (Lipinski definition) is 7. The number of para-hydroxylation sites is 1. The highest BCUT2D eigenvalue weighted by atomic mass is 32.2. The number of aliphatic imine (C=N–C) groups is 1. The molecule has 2 N–H and O–H groups in total. The molecular formula is C23H25N3O5S. The van der Waals surface area contributed by atoms with E-state index in [0.29, 0.717) is 41.1 Å². The molecule has 0 aliphatic carbocycles. The van der Waals surface area contributed by atoms with E-state index in [2.05, 4.69) is 4.99 Å². The first-order valence-electron chi connectivity index (χ1n) is 9.95. The van der Waals surface area contributed by atoms with Crippen LogP contribution in [0.3, 0.4) is 0 Å². The van der Waals surface area contributed by atoms with E-state index in [1.54, 1.807) is 36.3 Å². The predicted molar refractivity (Wildman–Crippen MR) is 125 cm³/mol. The molecule has 0 aromatic heterocycles. The number of hydrogen-bond donors (Lipinski definition) is 1. The highest BCUT2D eigenvalue weighted by Crippen LogP contribution is 2.36. The molecule has 2 aromatic rings. The number of nitrogens with zero attached hydrogens (tertiary/aromatic N) is 2. The highest BCUT2D eigenvalue weighted by Gasteiger charge is 2.33. The molecule has 32 heavy (non-hydrogen) atoms. The molecule has 0 saturated carbocycles. The van der Waals surface area contributed by atoms with Gasteiger partial charge in [-0.25, -0.2) is 4.99 Å². The van der Waals surface area contributed by atoms with Crippen LogP contribution in [0.1, 0.15) is 12.0 Å². The van der Waals surface area contributed by atoms with E-state index in [0.717, 1.165) is 11.3 Å². The van der Waals surface area contributed by atoms with Gasteiger partial charge in [-0.05, 0) is 54.1 Å². The lowest BCUT2D eigenvalue weighted by Crippen LogP contribution is -2.30. The highest BCUT2D eigenvalue weighted by molar-refractivity contribution is 8.18. The largest absolute Gasteiger partial charge is 0.493 e. The fraction of sp³-hybridized carbons (Fsp3) is 0.261. The smallest absolute Gasteiger partial charge is 0.266 e. The van der Waals surface area contributed by atoms with Crippen molar-refractivity contribution >= 4 is 40.5 Å². The first-order chi connectivity index (χ1) is 15.5. The number of carbonyl (C=O) groups is 2. The third-order valence-electron chi connectivity index (χ3n) is 4.45. The van der Waals surface area contributed by atoms with E-state index in [4.69, 9.17) is 19.9 Å². The van der Waals surface area contributed by atoms with Crippen LogP contribution in [-0.4, -0.2) is 55.9 Å². The average Bonchev–Trinajstić information content (AvgIpc) is 3.07. The molecule has 1 aliphatic heterocycles. The zero-order chi connectivity index (χ0) is 22.9. The zero-order valence-electron chi connectivity index (χ0n) is 17.9. The predicted octanol–water partition coefficient (Wildman–Crippen LogP) is 3.20. The van der Waals surface area contributed by atoms with Gasteiger partial charge in [0.2, 0.25) is 0 Å². The van der Waals surface area contributed by atoms with Gasteiger partial charge >= 0.3 is 0 Å². The Labute approximate surface area is 191 Å². The maximum Gasteiger partial charge on any atom is 0.266 e.